The Labute approximate surface area is 128 Å². The van der Waals surface area contributed by atoms with E-state index in [1.54, 1.807) is 4.90 Å². The van der Waals surface area contributed by atoms with Crippen molar-refractivity contribution in [2.24, 2.45) is 5.41 Å². The predicted molar refractivity (Wildman–Crippen MR) is 87.7 cm³/mol. The van der Waals surface area contributed by atoms with Crippen molar-refractivity contribution in [3.8, 4) is 0 Å². The second-order valence-corrected chi connectivity index (χ2v) is 6.81. The minimum atomic E-state index is -0.105. The zero-order chi connectivity index (χ0) is 16.0. The molecule has 0 aliphatic carbocycles. The Kier molecular flexibility index (Phi) is 6.21. The summed E-state index contributed by atoms with van der Waals surface area (Å²) in [4.78, 5) is 14.3. The van der Waals surface area contributed by atoms with E-state index in [2.05, 4.69) is 26.1 Å². The standard InChI is InChI=1S/C17H28N2O2/c1-13-7-8-14(2)15(11-13)18-16(21)19(9-6-10-20)12-17(3,4)5/h7-8,11,20H,6,9-10,12H2,1-5H3,(H,18,21). The van der Waals surface area contributed by atoms with Gasteiger partial charge in [0.15, 0.2) is 0 Å². The Bertz CT molecular complexity index is 478. The van der Waals surface area contributed by atoms with Gasteiger partial charge in [0.1, 0.15) is 0 Å². The fourth-order valence-corrected chi connectivity index (χ4v) is 2.15. The summed E-state index contributed by atoms with van der Waals surface area (Å²) in [5.41, 5.74) is 3.04. The van der Waals surface area contributed by atoms with E-state index in [9.17, 15) is 4.79 Å². The molecule has 118 valence electrons. The minimum Gasteiger partial charge on any atom is -0.396 e. The first kappa shape index (κ1) is 17.5. The SMILES string of the molecule is Cc1ccc(C)c(NC(=O)N(CCCO)CC(C)(C)C)c1. The molecule has 1 rings (SSSR count). The third kappa shape index (κ3) is 6.17. The van der Waals surface area contributed by atoms with Crippen molar-refractivity contribution >= 4 is 11.7 Å². The molecular weight excluding hydrogens is 264 g/mol. The quantitative estimate of drug-likeness (QED) is 0.871. The summed E-state index contributed by atoms with van der Waals surface area (Å²) < 4.78 is 0. The van der Waals surface area contributed by atoms with Crippen LogP contribution in [-0.2, 0) is 0 Å². The van der Waals surface area contributed by atoms with E-state index < -0.39 is 0 Å². The molecule has 0 saturated carbocycles. The highest BCUT2D eigenvalue weighted by molar-refractivity contribution is 5.90. The number of aliphatic hydroxyl groups is 1. The number of aryl methyl sites for hydroxylation is 2. The van der Waals surface area contributed by atoms with Gasteiger partial charge in [0.25, 0.3) is 0 Å². The van der Waals surface area contributed by atoms with Gasteiger partial charge in [-0.05, 0) is 42.9 Å². The number of urea groups is 1. The van der Waals surface area contributed by atoms with Crippen LogP contribution in [0.25, 0.3) is 0 Å². The molecule has 2 amide bonds. The Morgan fingerprint density at radius 1 is 1.29 bits per heavy atom. The smallest absolute Gasteiger partial charge is 0.321 e. The van der Waals surface area contributed by atoms with Crippen molar-refractivity contribution in [2.45, 2.75) is 41.0 Å². The largest absolute Gasteiger partial charge is 0.396 e. The molecule has 0 atom stereocenters. The molecule has 0 aliphatic rings. The number of carbonyl (C=O) groups is 1. The van der Waals surface area contributed by atoms with E-state index in [1.807, 2.05) is 32.0 Å². The molecule has 4 nitrogen and oxygen atoms in total. The van der Waals surface area contributed by atoms with Crippen LogP contribution in [0.2, 0.25) is 0 Å². The van der Waals surface area contributed by atoms with Crippen molar-refractivity contribution in [3.63, 3.8) is 0 Å². The summed E-state index contributed by atoms with van der Waals surface area (Å²) in [6.07, 6.45) is 0.594. The average molecular weight is 292 g/mol. The number of rotatable bonds is 5. The molecule has 1 aromatic rings. The molecular formula is C17H28N2O2. The van der Waals surface area contributed by atoms with Gasteiger partial charge in [-0.3, -0.25) is 0 Å². The zero-order valence-corrected chi connectivity index (χ0v) is 13.9. The minimum absolute atomic E-state index is 0.0223. The van der Waals surface area contributed by atoms with Crippen molar-refractivity contribution in [1.82, 2.24) is 4.90 Å². The van der Waals surface area contributed by atoms with Gasteiger partial charge >= 0.3 is 6.03 Å². The highest BCUT2D eigenvalue weighted by Crippen LogP contribution is 2.19. The van der Waals surface area contributed by atoms with Crippen LogP contribution in [0.3, 0.4) is 0 Å². The number of amides is 2. The van der Waals surface area contributed by atoms with Gasteiger partial charge in [-0.1, -0.05) is 32.9 Å². The molecule has 2 N–H and O–H groups in total. The van der Waals surface area contributed by atoms with E-state index in [1.165, 1.54) is 0 Å². The second-order valence-electron chi connectivity index (χ2n) is 6.81. The van der Waals surface area contributed by atoms with Crippen molar-refractivity contribution < 1.29 is 9.90 Å². The summed E-state index contributed by atoms with van der Waals surface area (Å²) in [7, 11) is 0. The Balaban J connectivity index is 2.82. The molecule has 0 saturated heterocycles. The number of aliphatic hydroxyl groups excluding tert-OH is 1. The topological polar surface area (TPSA) is 52.6 Å². The molecule has 0 radical (unpaired) electrons. The van der Waals surface area contributed by atoms with Crippen LogP contribution in [-0.4, -0.2) is 35.7 Å². The number of nitrogens with zero attached hydrogens (tertiary/aromatic N) is 1. The van der Waals surface area contributed by atoms with Gasteiger partial charge in [-0.2, -0.15) is 0 Å². The maximum absolute atomic E-state index is 12.5. The average Bonchev–Trinajstić information content (AvgIpc) is 2.37. The van der Waals surface area contributed by atoms with Crippen molar-refractivity contribution in [1.29, 1.82) is 0 Å². The first-order valence-corrected chi connectivity index (χ1v) is 7.47. The lowest BCUT2D eigenvalue weighted by Gasteiger charge is -2.30. The fraction of sp³-hybridized carbons (Fsp3) is 0.588. The first-order valence-electron chi connectivity index (χ1n) is 7.47. The van der Waals surface area contributed by atoms with Gasteiger partial charge in [0.05, 0.1) is 0 Å². The van der Waals surface area contributed by atoms with Gasteiger partial charge in [0, 0.05) is 25.4 Å². The highest BCUT2D eigenvalue weighted by Gasteiger charge is 2.21. The van der Waals surface area contributed by atoms with Crippen LogP contribution >= 0.6 is 0 Å². The van der Waals surface area contributed by atoms with Crippen LogP contribution in [0.15, 0.2) is 18.2 Å². The van der Waals surface area contributed by atoms with Crippen LogP contribution < -0.4 is 5.32 Å². The number of benzene rings is 1. The number of carbonyl (C=O) groups excluding carboxylic acids is 1. The normalized spacial score (nSPS) is 11.3. The first-order chi connectivity index (χ1) is 9.73. The Morgan fingerprint density at radius 2 is 1.95 bits per heavy atom. The highest BCUT2D eigenvalue weighted by atomic mass is 16.3. The van der Waals surface area contributed by atoms with Crippen molar-refractivity contribution in [2.75, 3.05) is 25.0 Å². The maximum atomic E-state index is 12.5. The van der Waals surface area contributed by atoms with E-state index in [0.717, 1.165) is 16.8 Å². The van der Waals surface area contributed by atoms with Gasteiger partial charge < -0.3 is 15.3 Å². The number of hydrogen-bond donors (Lipinski definition) is 2. The molecule has 0 aliphatic heterocycles. The monoisotopic (exact) mass is 292 g/mol. The number of hydrogen-bond acceptors (Lipinski definition) is 2. The summed E-state index contributed by atoms with van der Waals surface area (Å²) in [5.74, 6) is 0. The molecule has 0 aromatic heterocycles. The van der Waals surface area contributed by atoms with Crippen LogP contribution in [0.1, 0.15) is 38.3 Å². The van der Waals surface area contributed by atoms with Gasteiger partial charge in [-0.25, -0.2) is 4.79 Å². The van der Waals surface area contributed by atoms with Gasteiger partial charge in [0.2, 0.25) is 0 Å². The Morgan fingerprint density at radius 3 is 2.52 bits per heavy atom. The lowest BCUT2D eigenvalue weighted by Crippen LogP contribution is -2.41. The summed E-state index contributed by atoms with van der Waals surface area (Å²) in [5, 5.41) is 12.0. The van der Waals surface area contributed by atoms with E-state index in [-0.39, 0.29) is 18.1 Å². The van der Waals surface area contributed by atoms with E-state index in [0.29, 0.717) is 19.5 Å². The third-order valence-electron chi connectivity index (χ3n) is 3.17. The number of anilines is 1. The van der Waals surface area contributed by atoms with Crippen LogP contribution in [0.4, 0.5) is 10.5 Å². The summed E-state index contributed by atoms with van der Waals surface area (Å²) >= 11 is 0. The number of nitrogens with one attached hydrogen (secondary N) is 1. The molecule has 0 heterocycles. The van der Waals surface area contributed by atoms with Gasteiger partial charge in [-0.15, -0.1) is 0 Å². The van der Waals surface area contributed by atoms with Crippen LogP contribution in [0, 0.1) is 19.3 Å². The Hall–Kier alpha value is -1.55. The van der Waals surface area contributed by atoms with E-state index >= 15 is 0 Å². The molecule has 4 heteroatoms. The molecule has 0 fully saturated rings. The molecule has 0 bridgehead atoms. The zero-order valence-electron chi connectivity index (χ0n) is 13.9. The molecule has 21 heavy (non-hydrogen) atoms. The maximum Gasteiger partial charge on any atom is 0.321 e. The lowest BCUT2D eigenvalue weighted by molar-refractivity contribution is 0.176. The third-order valence-corrected chi connectivity index (χ3v) is 3.17. The molecule has 0 unspecified atom stereocenters. The molecule has 0 spiro atoms. The molecule has 1 aromatic carbocycles. The summed E-state index contributed by atoms with van der Waals surface area (Å²) in [6.45, 7) is 11.6. The predicted octanol–water partition coefficient (Wildman–Crippen LogP) is 3.57. The van der Waals surface area contributed by atoms with E-state index in [4.69, 9.17) is 5.11 Å². The van der Waals surface area contributed by atoms with Crippen molar-refractivity contribution in [3.05, 3.63) is 29.3 Å². The summed E-state index contributed by atoms with van der Waals surface area (Å²) in [6, 6.07) is 5.91. The lowest BCUT2D eigenvalue weighted by atomic mass is 9.96. The van der Waals surface area contributed by atoms with Crippen LogP contribution in [0.5, 0.6) is 0 Å². The fourth-order valence-electron chi connectivity index (χ4n) is 2.15. The second kappa shape index (κ2) is 7.46.